The van der Waals surface area contributed by atoms with Crippen LogP contribution in [0.3, 0.4) is 0 Å². The third kappa shape index (κ3) is 4.65. The molecular formula is C28H28ClNO3. The summed E-state index contributed by atoms with van der Waals surface area (Å²) in [5, 5.41) is 21.9. The summed E-state index contributed by atoms with van der Waals surface area (Å²) >= 11 is 6.01. The first-order valence-electron chi connectivity index (χ1n) is 11.5. The highest BCUT2D eigenvalue weighted by atomic mass is 35.5. The molecule has 5 heteroatoms. The SMILES string of the molecule is Oc1ccc2c(c1)/C(=C/CCN1CCC(O)(c3ccc(Cl)cc3)CC1)c1ccccc1CO2. The molecule has 170 valence electrons. The van der Waals surface area contributed by atoms with Gasteiger partial charge in [-0.3, -0.25) is 0 Å². The van der Waals surface area contributed by atoms with Crippen molar-refractivity contribution in [3.63, 3.8) is 0 Å². The van der Waals surface area contributed by atoms with E-state index in [1.165, 1.54) is 0 Å². The summed E-state index contributed by atoms with van der Waals surface area (Å²) in [6.07, 6.45) is 4.54. The molecule has 3 aromatic rings. The lowest BCUT2D eigenvalue weighted by atomic mass is 9.84. The van der Waals surface area contributed by atoms with E-state index in [1.54, 1.807) is 12.1 Å². The molecule has 0 aromatic heterocycles. The zero-order valence-corrected chi connectivity index (χ0v) is 19.3. The Balaban J connectivity index is 1.30. The summed E-state index contributed by atoms with van der Waals surface area (Å²) in [6.45, 7) is 3.12. The molecule has 0 atom stereocenters. The quantitative estimate of drug-likeness (QED) is 0.520. The Morgan fingerprint density at radius 2 is 1.73 bits per heavy atom. The summed E-state index contributed by atoms with van der Waals surface area (Å²) in [5.41, 5.74) is 4.48. The zero-order chi connectivity index (χ0) is 22.8. The number of benzene rings is 3. The second-order valence-corrected chi connectivity index (χ2v) is 9.35. The van der Waals surface area contributed by atoms with Crippen molar-refractivity contribution in [3.8, 4) is 11.5 Å². The van der Waals surface area contributed by atoms with E-state index in [-0.39, 0.29) is 5.75 Å². The number of ether oxygens (including phenoxy) is 1. The predicted octanol–water partition coefficient (Wildman–Crippen LogP) is 5.74. The molecule has 1 saturated heterocycles. The molecule has 2 N–H and O–H groups in total. The summed E-state index contributed by atoms with van der Waals surface area (Å²) in [7, 11) is 0. The van der Waals surface area contributed by atoms with E-state index in [4.69, 9.17) is 16.3 Å². The summed E-state index contributed by atoms with van der Waals surface area (Å²) in [4.78, 5) is 2.41. The fourth-order valence-corrected chi connectivity index (χ4v) is 5.00. The fourth-order valence-electron chi connectivity index (χ4n) is 4.87. The standard InChI is InChI=1S/C28H28ClNO3/c29-22-9-7-21(8-10-22)28(32)13-16-30(17-14-28)15-3-6-25-24-5-2-1-4-20(24)19-33-27-12-11-23(31)18-26(25)27/h1-2,4-12,18,31-32H,3,13-17,19H2/b25-6+. The number of aliphatic hydroxyl groups is 1. The smallest absolute Gasteiger partial charge is 0.127 e. The minimum Gasteiger partial charge on any atom is -0.508 e. The van der Waals surface area contributed by atoms with E-state index in [9.17, 15) is 10.2 Å². The molecule has 2 aliphatic heterocycles. The third-order valence-electron chi connectivity index (χ3n) is 6.80. The van der Waals surface area contributed by atoms with E-state index >= 15 is 0 Å². The van der Waals surface area contributed by atoms with Crippen LogP contribution in [0.2, 0.25) is 5.02 Å². The second kappa shape index (κ2) is 9.22. The number of phenolic OH excluding ortho intramolecular Hbond substituents is 1. The molecule has 0 amide bonds. The van der Waals surface area contributed by atoms with Crippen LogP contribution in [0.15, 0.2) is 72.8 Å². The van der Waals surface area contributed by atoms with Crippen molar-refractivity contribution in [1.82, 2.24) is 4.90 Å². The lowest BCUT2D eigenvalue weighted by molar-refractivity contribution is -0.0254. The molecule has 1 fully saturated rings. The summed E-state index contributed by atoms with van der Waals surface area (Å²) < 4.78 is 6.03. The molecule has 0 saturated carbocycles. The van der Waals surface area contributed by atoms with Gasteiger partial charge in [0.15, 0.2) is 0 Å². The van der Waals surface area contributed by atoms with E-state index in [2.05, 4.69) is 23.1 Å². The molecule has 2 heterocycles. The van der Waals surface area contributed by atoms with Crippen molar-refractivity contribution < 1.29 is 14.9 Å². The highest BCUT2D eigenvalue weighted by Crippen LogP contribution is 2.39. The Kier molecular flexibility index (Phi) is 6.15. The van der Waals surface area contributed by atoms with Gasteiger partial charge in [-0.25, -0.2) is 0 Å². The van der Waals surface area contributed by atoms with E-state index in [0.717, 1.165) is 59.6 Å². The average molecular weight is 462 g/mol. The van der Waals surface area contributed by atoms with Gasteiger partial charge in [0.05, 0.1) is 5.60 Å². The molecule has 0 unspecified atom stereocenters. The molecule has 0 radical (unpaired) electrons. The monoisotopic (exact) mass is 461 g/mol. The van der Waals surface area contributed by atoms with Crippen molar-refractivity contribution in [3.05, 3.63) is 100 Å². The number of hydrogen-bond donors (Lipinski definition) is 2. The first-order chi connectivity index (χ1) is 16.0. The molecule has 2 aliphatic rings. The van der Waals surface area contributed by atoms with Gasteiger partial charge < -0.3 is 19.8 Å². The second-order valence-electron chi connectivity index (χ2n) is 8.91. The van der Waals surface area contributed by atoms with Crippen molar-refractivity contribution in [2.75, 3.05) is 19.6 Å². The lowest BCUT2D eigenvalue weighted by Gasteiger charge is -2.38. The number of phenols is 1. The number of piperidine rings is 1. The molecule has 4 nitrogen and oxygen atoms in total. The summed E-state index contributed by atoms with van der Waals surface area (Å²) in [6, 6.07) is 21.1. The molecule has 33 heavy (non-hydrogen) atoms. The fraction of sp³-hybridized carbons (Fsp3) is 0.286. The highest BCUT2D eigenvalue weighted by molar-refractivity contribution is 6.30. The number of rotatable bonds is 4. The molecule has 5 rings (SSSR count). The van der Waals surface area contributed by atoms with Gasteiger partial charge in [0, 0.05) is 30.2 Å². The Morgan fingerprint density at radius 1 is 0.970 bits per heavy atom. The number of hydrogen-bond acceptors (Lipinski definition) is 4. The number of nitrogens with zero attached hydrogens (tertiary/aromatic N) is 1. The Labute approximate surface area is 199 Å². The lowest BCUT2D eigenvalue weighted by Crippen LogP contribution is -2.42. The topological polar surface area (TPSA) is 52.9 Å². The Hall–Kier alpha value is -2.79. The van der Waals surface area contributed by atoms with Gasteiger partial charge >= 0.3 is 0 Å². The Morgan fingerprint density at radius 3 is 2.52 bits per heavy atom. The van der Waals surface area contributed by atoms with Gasteiger partial charge in [0.1, 0.15) is 18.1 Å². The molecule has 3 aromatic carbocycles. The first kappa shape index (κ1) is 22.0. The largest absolute Gasteiger partial charge is 0.508 e. The van der Waals surface area contributed by atoms with Crippen molar-refractivity contribution >= 4 is 17.2 Å². The van der Waals surface area contributed by atoms with Crippen LogP contribution in [0.25, 0.3) is 5.57 Å². The molecule has 0 bridgehead atoms. The maximum atomic E-state index is 11.1. The van der Waals surface area contributed by atoms with Gasteiger partial charge in [0.2, 0.25) is 0 Å². The number of fused-ring (bicyclic) bond motifs is 2. The van der Waals surface area contributed by atoms with Crippen LogP contribution < -0.4 is 4.74 Å². The van der Waals surface area contributed by atoms with Gasteiger partial charge in [-0.05, 0) is 71.9 Å². The van der Waals surface area contributed by atoms with Gasteiger partial charge in [-0.1, -0.05) is 54.1 Å². The minimum atomic E-state index is -0.784. The normalized spacial score (nSPS) is 18.8. The van der Waals surface area contributed by atoms with E-state index in [0.29, 0.717) is 24.5 Å². The maximum absolute atomic E-state index is 11.1. The van der Waals surface area contributed by atoms with Crippen molar-refractivity contribution in [2.45, 2.75) is 31.5 Å². The number of aromatic hydroxyl groups is 1. The Bertz CT molecular complexity index is 1160. The van der Waals surface area contributed by atoms with Crippen LogP contribution in [0, 0.1) is 0 Å². The maximum Gasteiger partial charge on any atom is 0.127 e. The molecule has 0 spiro atoms. The van der Waals surface area contributed by atoms with Crippen LogP contribution in [-0.4, -0.2) is 34.7 Å². The molecule has 0 aliphatic carbocycles. The number of halogens is 1. The summed E-state index contributed by atoms with van der Waals surface area (Å²) in [5.74, 6) is 1.03. The van der Waals surface area contributed by atoms with Gasteiger partial charge in [-0.2, -0.15) is 0 Å². The highest BCUT2D eigenvalue weighted by Gasteiger charge is 2.33. The van der Waals surface area contributed by atoms with Crippen LogP contribution in [0.4, 0.5) is 0 Å². The van der Waals surface area contributed by atoms with Gasteiger partial charge in [0.25, 0.3) is 0 Å². The van der Waals surface area contributed by atoms with Crippen molar-refractivity contribution in [1.29, 1.82) is 0 Å². The van der Waals surface area contributed by atoms with Crippen molar-refractivity contribution in [2.24, 2.45) is 0 Å². The zero-order valence-electron chi connectivity index (χ0n) is 18.5. The average Bonchev–Trinajstić information content (AvgIpc) is 2.98. The van der Waals surface area contributed by atoms with Crippen LogP contribution in [-0.2, 0) is 12.2 Å². The van der Waals surface area contributed by atoms with Crippen LogP contribution in [0.1, 0.15) is 41.5 Å². The predicted molar refractivity (Wildman–Crippen MR) is 132 cm³/mol. The first-order valence-corrected chi connectivity index (χ1v) is 11.8. The van der Waals surface area contributed by atoms with Crippen LogP contribution in [0.5, 0.6) is 11.5 Å². The number of likely N-dealkylation sites (tertiary alicyclic amines) is 1. The minimum absolute atomic E-state index is 0.236. The van der Waals surface area contributed by atoms with Crippen LogP contribution >= 0.6 is 11.6 Å². The third-order valence-corrected chi connectivity index (χ3v) is 7.05. The molecular weight excluding hydrogens is 434 g/mol. The van der Waals surface area contributed by atoms with Gasteiger partial charge in [-0.15, -0.1) is 0 Å². The van der Waals surface area contributed by atoms with E-state index < -0.39 is 5.60 Å². The van der Waals surface area contributed by atoms with E-state index in [1.807, 2.05) is 42.5 Å².